The van der Waals surface area contributed by atoms with Gasteiger partial charge in [0.2, 0.25) is 5.91 Å². The van der Waals surface area contributed by atoms with Crippen molar-refractivity contribution in [3.05, 3.63) is 71.8 Å². The van der Waals surface area contributed by atoms with Crippen molar-refractivity contribution in [1.82, 2.24) is 15.8 Å². The highest BCUT2D eigenvalue weighted by atomic mass is 16.2. The van der Waals surface area contributed by atoms with Crippen molar-refractivity contribution in [1.29, 1.82) is 0 Å². The molecule has 0 aromatic heterocycles. The van der Waals surface area contributed by atoms with Crippen LogP contribution in [0.25, 0.3) is 0 Å². The number of nitrogens with zero attached hydrogens (tertiary/aromatic N) is 1. The minimum atomic E-state index is -0.846. The monoisotopic (exact) mass is 391 g/mol. The van der Waals surface area contributed by atoms with Crippen LogP contribution in [-0.4, -0.2) is 28.4 Å². The molecule has 2 aromatic rings. The molecular weight excluding hydrogens is 366 g/mol. The zero-order chi connectivity index (χ0) is 20.3. The Labute approximate surface area is 170 Å². The van der Waals surface area contributed by atoms with Gasteiger partial charge in [-0.05, 0) is 24.0 Å². The summed E-state index contributed by atoms with van der Waals surface area (Å²) in [6, 6.07) is 19.0. The maximum absolute atomic E-state index is 12.9. The number of carbonyl (C=O) groups excluding carboxylic acids is 3. The van der Waals surface area contributed by atoms with Gasteiger partial charge < -0.3 is 5.32 Å². The van der Waals surface area contributed by atoms with Crippen molar-refractivity contribution in [2.45, 2.75) is 50.0 Å². The Hall–Kier alpha value is -3.15. The van der Waals surface area contributed by atoms with E-state index in [0.29, 0.717) is 12.8 Å². The van der Waals surface area contributed by atoms with Crippen LogP contribution in [0.3, 0.4) is 0 Å². The molecule has 2 N–H and O–H groups in total. The van der Waals surface area contributed by atoms with Crippen molar-refractivity contribution in [3.8, 4) is 0 Å². The van der Waals surface area contributed by atoms with Gasteiger partial charge in [0.15, 0.2) is 0 Å². The third kappa shape index (κ3) is 3.88. The molecule has 0 bridgehead atoms. The number of urea groups is 1. The molecule has 6 nitrogen and oxygen atoms in total. The number of amides is 4. The Morgan fingerprint density at radius 3 is 2.03 bits per heavy atom. The number of carbonyl (C=O) groups is 3. The van der Waals surface area contributed by atoms with E-state index in [0.717, 1.165) is 35.4 Å². The highest BCUT2D eigenvalue weighted by molar-refractivity contribution is 6.08. The lowest BCUT2D eigenvalue weighted by Crippen LogP contribution is -2.51. The first kappa shape index (κ1) is 19.2. The summed E-state index contributed by atoms with van der Waals surface area (Å²) in [5.74, 6) is -0.868. The lowest BCUT2D eigenvalue weighted by molar-refractivity contribution is -0.140. The first-order chi connectivity index (χ1) is 14.1. The minimum Gasteiger partial charge on any atom is -0.322 e. The molecule has 0 unspecified atom stereocenters. The fourth-order valence-electron chi connectivity index (χ4n) is 4.37. The van der Waals surface area contributed by atoms with Crippen molar-refractivity contribution in [2.24, 2.45) is 0 Å². The number of rotatable bonds is 5. The predicted molar refractivity (Wildman–Crippen MR) is 109 cm³/mol. The van der Waals surface area contributed by atoms with E-state index in [1.54, 1.807) is 0 Å². The number of benzene rings is 2. The first-order valence-corrected chi connectivity index (χ1v) is 10.2. The van der Waals surface area contributed by atoms with Crippen LogP contribution in [0, 0.1) is 0 Å². The molecule has 6 heteroatoms. The van der Waals surface area contributed by atoms with E-state index in [1.165, 1.54) is 0 Å². The maximum Gasteiger partial charge on any atom is 0.344 e. The average molecular weight is 391 g/mol. The van der Waals surface area contributed by atoms with E-state index in [1.807, 2.05) is 60.7 Å². The molecule has 4 amide bonds. The maximum atomic E-state index is 12.9. The summed E-state index contributed by atoms with van der Waals surface area (Å²) in [6.07, 6.45) is 4.25. The number of hydrogen-bond donors (Lipinski definition) is 2. The number of hydrogen-bond acceptors (Lipinski definition) is 3. The van der Waals surface area contributed by atoms with Crippen LogP contribution in [0.5, 0.6) is 0 Å². The Bertz CT molecular complexity index is 853. The SMILES string of the molecule is O=C(CC(c1ccccc1)c1ccccc1)NN1C(=O)NC2(CCCCC2)C1=O. The van der Waals surface area contributed by atoms with Crippen molar-refractivity contribution < 1.29 is 14.4 Å². The van der Waals surface area contributed by atoms with Gasteiger partial charge in [0, 0.05) is 12.3 Å². The van der Waals surface area contributed by atoms with Crippen LogP contribution >= 0.6 is 0 Å². The second kappa shape index (κ2) is 8.07. The lowest BCUT2D eigenvalue weighted by Gasteiger charge is -2.30. The van der Waals surface area contributed by atoms with Gasteiger partial charge in [-0.2, -0.15) is 5.01 Å². The summed E-state index contributed by atoms with van der Waals surface area (Å²) < 4.78 is 0. The molecule has 29 heavy (non-hydrogen) atoms. The van der Waals surface area contributed by atoms with E-state index < -0.39 is 11.6 Å². The lowest BCUT2D eigenvalue weighted by atomic mass is 9.82. The summed E-state index contributed by atoms with van der Waals surface area (Å²) >= 11 is 0. The Morgan fingerprint density at radius 1 is 0.931 bits per heavy atom. The predicted octanol–water partition coefficient (Wildman–Crippen LogP) is 3.49. The van der Waals surface area contributed by atoms with E-state index in [4.69, 9.17) is 0 Å². The van der Waals surface area contributed by atoms with Gasteiger partial charge in [0.1, 0.15) is 5.54 Å². The molecule has 150 valence electrons. The topological polar surface area (TPSA) is 78.5 Å². The smallest absolute Gasteiger partial charge is 0.322 e. The van der Waals surface area contributed by atoms with E-state index >= 15 is 0 Å². The standard InChI is InChI=1S/C23H25N3O3/c27-20(25-26-21(28)23(24-22(26)29)14-8-3-9-15-23)16-19(17-10-4-1-5-11-17)18-12-6-2-7-13-18/h1-2,4-7,10-13,19H,3,8-9,14-16H2,(H,24,29)(H,25,27). The molecule has 1 heterocycles. The van der Waals surface area contributed by atoms with E-state index in [2.05, 4.69) is 10.7 Å². The molecule has 2 aliphatic rings. The first-order valence-electron chi connectivity index (χ1n) is 10.2. The average Bonchev–Trinajstić information content (AvgIpc) is 2.97. The summed E-state index contributed by atoms with van der Waals surface area (Å²) in [4.78, 5) is 38.1. The Kier molecular flexibility index (Phi) is 5.34. The van der Waals surface area contributed by atoms with Crippen LogP contribution in [0.15, 0.2) is 60.7 Å². The van der Waals surface area contributed by atoms with Crippen LogP contribution in [0.2, 0.25) is 0 Å². The fraction of sp³-hybridized carbons (Fsp3) is 0.348. The van der Waals surface area contributed by atoms with Crippen LogP contribution < -0.4 is 10.7 Å². The quantitative estimate of drug-likeness (QED) is 0.766. The Balaban J connectivity index is 1.50. The van der Waals surface area contributed by atoms with Gasteiger partial charge in [-0.25, -0.2) is 4.79 Å². The number of hydrazine groups is 1. The Morgan fingerprint density at radius 2 is 1.48 bits per heavy atom. The van der Waals surface area contributed by atoms with Crippen LogP contribution in [-0.2, 0) is 9.59 Å². The van der Waals surface area contributed by atoms with Gasteiger partial charge in [0.25, 0.3) is 5.91 Å². The fourth-order valence-corrected chi connectivity index (χ4v) is 4.37. The molecule has 4 rings (SSSR count). The summed E-state index contributed by atoms with van der Waals surface area (Å²) in [7, 11) is 0. The zero-order valence-corrected chi connectivity index (χ0v) is 16.3. The van der Waals surface area contributed by atoms with Crippen LogP contribution in [0.1, 0.15) is 55.6 Å². The van der Waals surface area contributed by atoms with Gasteiger partial charge in [-0.15, -0.1) is 0 Å². The molecule has 1 aliphatic heterocycles. The van der Waals surface area contributed by atoms with Crippen molar-refractivity contribution in [2.75, 3.05) is 0 Å². The molecule has 2 fully saturated rings. The molecule has 0 radical (unpaired) electrons. The number of nitrogens with one attached hydrogen (secondary N) is 2. The largest absolute Gasteiger partial charge is 0.344 e. The summed E-state index contributed by atoms with van der Waals surface area (Å²) in [6.45, 7) is 0. The van der Waals surface area contributed by atoms with Gasteiger partial charge in [-0.1, -0.05) is 79.9 Å². The third-order valence-corrected chi connectivity index (χ3v) is 5.90. The zero-order valence-electron chi connectivity index (χ0n) is 16.3. The van der Waals surface area contributed by atoms with Crippen LogP contribution in [0.4, 0.5) is 4.79 Å². The summed E-state index contributed by atoms with van der Waals surface area (Å²) in [5, 5.41) is 3.69. The van der Waals surface area contributed by atoms with Gasteiger partial charge in [-0.3, -0.25) is 15.0 Å². The number of imide groups is 1. The second-order valence-electron chi connectivity index (χ2n) is 7.83. The minimum absolute atomic E-state index is 0.137. The second-order valence-corrected chi connectivity index (χ2v) is 7.83. The van der Waals surface area contributed by atoms with Crippen molar-refractivity contribution in [3.63, 3.8) is 0 Å². The van der Waals surface area contributed by atoms with E-state index in [9.17, 15) is 14.4 Å². The summed E-state index contributed by atoms with van der Waals surface area (Å²) in [5.41, 5.74) is 3.72. The molecule has 1 saturated carbocycles. The van der Waals surface area contributed by atoms with Gasteiger partial charge >= 0.3 is 6.03 Å². The normalized spacial score (nSPS) is 18.2. The molecule has 1 aliphatic carbocycles. The molecule has 1 saturated heterocycles. The van der Waals surface area contributed by atoms with E-state index in [-0.39, 0.29) is 24.2 Å². The third-order valence-electron chi connectivity index (χ3n) is 5.90. The molecule has 0 atom stereocenters. The molecule has 2 aromatic carbocycles. The highest BCUT2D eigenvalue weighted by Crippen LogP contribution is 2.33. The van der Waals surface area contributed by atoms with Crippen molar-refractivity contribution >= 4 is 17.8 Å². The molecule has 1 spiro atoms. The highest BCUT2D eigenvalue weighted by Gasteiger charge is 2.52. The van der Waals surface area contributed by atoms with Gasteiger partial charge in [0.05, 0.1) is 0 Å². The molecular formula is C23H25N3O3.